The second kappa shape index (κ2) is 4.19. The van der Waals surface area contributed by atoms with Gasteiger partial charge in [0, 0.05) is 0 Å². The van der Waals surface area contributed by atoms with E-state index < -0.39 is 5.97 Å². The van der Waals surface area contributed by atoms with Crippen molar-refractivity contribution in [1.29, 1.82) is 0 Å². The zero-order chi connectivity index (χ0) is 8.55. The number of aromatic nitrogens is 1. The Balaban J connectivity index is 0.000000845. The Morgan fingerprint density at radius 3 is 3.00 bits per heavy atom. The molecule has 0 fully saturated rings. The fourth-order valence-electron chi connectivity index (χ4n) is 0.991. The van der Waals surface area contributed by atoms with E-state index in [1.165, 1.54) is 11.3 Å². The molecule has 0 saturated carbocycles. The summed E-state index contributed by atoms with van der Waals surface area (Å²) < 4.78 is 1.01. The molecule has 2 aromatic rings. The standard InChI is InChI=1S/C8H5NO2S.Na.H/c10-8(11)5-1-2-7-6(3-5)9-4-12-7;;/h1-4H,(H,10,11);;/q;+1;-1. The summed E-state index contributed by atoms with van der Waals surface area (Å²) in [6.45, 7) is 0. The first kappa shape index (κ1) is 10.7. The topological polar surface area (TPSA) is 50.2 Å². The van der Waals surface area contributed by atoms with E-state index in [1.807, 2.05) is 0 Å². The molecule has 13 heavy (non-hydrogen) atoms. The Morgan fingerprint density at radius 1 is 1.54 bits per heavy atom. The summed E-state index contributed by atoms with van der Waals surface area (Å²) in [6.07, 6.45) is 0. The average molecular weight is 203 g/mol. The van der Waals surface area contributed by atoms with E-state index in [-0.39, 0.29) is 36.5 Å². The molecule has 0 aliphatic carbocycles. The second-order valence-corrected chi connectivity index (χ2v) is 3.23. The Kier molecular flexibility index (Phi) is 3.44. The van der Waals surface area contributed by atoms with E-state index in [4.69, 9.17) is 5.11 Å². The van der Waals surface area contributed by atoms with Gasteiger partial charge in [-0.2, -0.15) is 0 Å². The van der Waals surface area contributed by atoms with Crippen molar-refractivity contribution in [2.75, 3.05) is 0 Å². The van der Waals surface area contributed by atoms with Gasteiger partial charge < -0.3 is 6.53 Å². The number of hydrogen-bond donors (Lipinski definition) is 1. The first-order valence-corrected chi connectivity index (χ1v) is 4.22. The summed E-state index contributed by atoms with van der Waals surface area (Å²) in [5, 5.41) is 8.66. The number of hydrogen-bond acceptors (Lipinski definition) is 3. The molecule has 1 N–H and O–H groups in total. The number of carboxylic acids is 1. The number of carbonyl (C=O) groups is 1. The minimum atomic E-state index is -0.912. The largest absolute Gasteiger partial charge is 1.00 e. The second-order valence-electron chi connectivity index (χ2n) is 2.34. The van der Waals surface area contributed by atoms with Crippen LogP contribution >= 0.6 is 11.3 Å². The normalized spacial score (nSPS) is 9.54. The number of carboxylic acid groups (broad SMARTS) is 1. The van der Waals surface area contributed by atoms with Gasteiger partial charge in [0.2, 0.25) is 0 Å². The van der Waals surface area contributed by atoms with Crippen LogP contribution in [0.25, 0.3) is 10.2 Å². The summed E-state index contributed by atoms with van der Waals surface area (Å²) in [7, 11) is 0. The van der Waals surface area contributed by atoms with Gasteiger partial charge in [0.25, 0.3) is 0 Å². The van der Waals surface area contributed by atoms with Crippen LogP contribution in [0.4, 0.5) is 0 Å². The SMILES string of the molecule is O=C(O)c1ccc2scnc2c1.[H-].[Na+]. The molecule has 0 saturated heterocycles. The Hall–Kier alpha value is -0.420. The Bertz CT molecular complexity index is 446. The van der Waals surface area contributed by atoms with E-state index in [0.717, 1.165) is 10.2 Å². The van der Waals surface area contributed by atoms with Crippen LogP contribution in [0.5, 0.6) is 0 Å². The number of benzene rings is 1. The molecule has 0 unspecified atom stereocenters. The zero-order valence-electron chi connectivity index (χ0n) is 8.02. The van der Waals surface area contributed by atoms with Gasteiger partial charge in [-0.3, -0.25) is 0 Å². The number of thiazole rings is 1. The maximum Gasteiger partial charge on any atom is 1.00 e. The molecule has 0 spiro atoms. The smallest absolute Gasteiger partial charge is 1.00 e. The number of nitrogens with zero attached hydrogens (tertiary/aromatic N) is 1. The average Bonchev–Trinajstić information content (AvgIpc) is 2.49. The fraction of sp³-hybridized carbons (Fsp3) is 0. The summed E-state index contributed by atoms with van der Waals surface area (Å²) in [4.78, 5) is 14.6. The van der Waals surface area contributed by atoms with Crippen molar-refractivity contribution in [2.45, 2.75) is 0 Å². The number of aromatic carboxylic acids is 1. The van der Waals surface area contributed by atoms with Crippen LogP contribution in [0, 0.1) is 0 Å². The molecule has 0 bridgehead atoms. The van der Waals surface area contributed by atoms with E-state index >= 15 is 0 Å². The summed E-state index contributed by atoms with van der Waals surface area (Å²) in [5.41, 5.74) is 2.74. The van der Waals surface area contributed by atoms with Gasteiger partial charge in [0.05, 0.1) is 21.3 Å². The van der Waals surface area contributed by atoms with Crippen LogP contribution in [-0.4, -0.2) is 16.1 Å². The van der Waals surface area contributed by atoms with Crippen molar-refractivity contribution in [1.82, 2.24) is 4.98 Å². The molecule has 2 rings (SSSR count). The van der Waals surface area contributed by atoms with Crippen molar-refractivity contribution >= 4 is 27.5 Å². The van der Waals surface area contributed by atoms with Gasteiger partial charge in [0.1, 0.15) is 0 Å². The monoisotopic (exact) mass is 203 g/mol. The van der Waals surface area contributed by atoms with Crippen molar-refractivity contribution in [2.24, 2.45) is 0 Å². The van der Waals surface area contributed by atoms with Crippen molar-refractivity contribution in [3.63, 3.8) is 0 Å². The first-order valence-electron chi connectivity index (χ1n) is 3.34. The molecule has 1 heterocycles. The van der Waals surface area contributed by atoms with Crippen LogP contribution in [0.1, 0.15) is 11.8 Å². The third-order valence-corrected chi connectivity index (χ3v) is 2.39. The molecule has 0 aliphatic heterocycles. The maximum atomic E-state index is 10.5. The van der Waals surface area contributed by atoms with E-state index in [9.17, 15) is 4.79 Å². The molecule has 0 atom stereocenters. The van der Waals surface area contributed by atoms with E-state index in [2.05, 4.69) is 4.98 Å². The molecule has 0 amide bonds. The minimum absolute atomic E-state index is 0. The molecule has 3 nitrogen and oxygen atoms in total. The minimum Gasteiger partial charge on any atom is -1.00 e. The molecule has 0 aliphatic rings. The molecule has 5 heteroatoms. The Morgan fingerprint density at radius 2 is 2.31 bits per heavy atom. The van der Waals surface area contributed by atoms with Crippen molar-refractivity contribution in [3.8, 4) is 0 Å². The molecular weight excluding hydrogens is 197 g/mol. The Labute approximate surface area is 102 Å². The van der Waals surface area contributed by atoms with E-state index in [1.54, 1.807) is 23.7 Å². The van der Waals surface area contributed by atoms with Crippen LogP contribution in [0.2, 0.25) is 0 Å². The van der Waals surface area contributed by atoms with Gasteiger partial charge in [-0.25, -0.2) is 9.78 Å². The van der Waals surface area contributed by atoms with Crippen LogP contribution < -0.4 is 29.6 Å². The quantitative estimate of drug-likeness (QED) is 0.612. The number of rotatable bonds is 1. The molecule has 0 radical (unpaired) electrons. The fourth-order valence-corrected chi connectivity index (χ4v) is 1.65. The predicted molar refractivity (Wildman–Crippen MR) is 47.7 cm³/mol. The maximum absolute atomic E-state index is 10.5. The van der Waals surface area contributed by atoms with Gasteiger partial charge in [-0.1, -0.05) is 0 Å². The molecular formula is C8H6NNaO2S. The van der Waals surface area contributed by atoms with E-state index in [0.29, 0.717) is 0 Å². The van der Waals surface area contributed by atoms with Crippen LogP contribution in [0.15, 0.2) is 23.7 Å². The summed E-state index contributed by atoms with van der Waals surface area (Å²) in [5.74, 6) is -0.912. The van der Waals surface area contributed by atoms with Gasteiger partial charge in [-0.15, -0.1) is 11.3 Å². The van der Waals surface area contributed by atoms with Gasteiger partial charge in [-0.05, 0) is 18.2 Å². The van der Waals surface area contributed by atoms with Crippen molar-refractivity contribution in [3.05, 3.63) is 29.3 Å². The van der Waals surface area contributed by atoms with Crippen LogP contribution in [-0.2, 0) is 0 Å². The first-order chi connectivity index (χ1) is 5.77. The van der Waals surface area contributed by atoms with Crippen molar-refractivity contribution < 1.29 is 40.9 Å². The van der Waals surface area contributed by atoms with Gasteiger partial charge in [0.15, 0.2) is 0 Å². The third kappa shape index (κ3) is 2.08. The molecule has 62 valence electrons. The van der Waals surface area contributed by atoms with Crippen LogP contribution in [0.3, 0.4) is 0 Å². The summed E-state index contributed by atoms with van der Waals surface area (Å²) >= 11 is 1.50. The molecule has 1 aromatic carbocycles. The van der Waals surface area contributed by atoms with Gasteiger partial charge >= 0.3 is 35.5 Å². The predicted octanol–water partition coefficient (Wildman–Crippen LogP) is -0.889. The zero-order valence-corrected chi connectivity index (χ0v) is 9.84. The molecule has 1 aromatic heterocycles. The number of fused-ring (bicyclic) bond motifs is 1. The summed E-state index contributed by atoms with van der Waals surface area (Å²) in [6, 6.07) is 4.94. The third-order valence-electron chi connectivity index (χ3n) is 1.58.